The van der Waals surface area contributed by atoms with Crippen molar-refractivity contribution in [3.05, 3.63) is 89.5 Å². The van der Waals surface area contributed by atoms with Crippen LogP contribution < -0.4 is 10.1 Å². The number of nitrogens with one attached hydrogen (secondary N) is 1. The van der Waals surface area contributed by atoms with Gasteiger partial charge in [0.2, 0.25) is 0 Å². The summed E-state index contributed by atoms with van der Waals surface area (Å²) in [5, 5.41) is 14.3. The average Bonchev–Trinajstić information content (AvgIpc) is 2.75. The van der Waals surface area contributed by atoms with Gasteiger partial charge in [0.05, 0.1) is 18.2 Å². The largest absolute Gasteiger partial charge is 0.504 e. The zero-order valence-electron chi connectivity index (χ0n) is 16.5. The second-order valence-corrected chi connectivity index (χ2v) is 7.02. The van der Waals surface area contributed by atoms with Crippen LogP contribution in [0.5, 0.6) is 11.5 Å². The van der Waals surface area contributed by atoms with Gasteiger partial charge in [0.1, 0.15) is 6.17 Å². The van der Waals surface area contributed by atoms with Gasteiger partial charge in [0.25, 0.3) is 5.91 Å². The summed E-state index contributed by atoms with van der Waals surface area (Å²) in [5.74, 6) is 0.372. The minimum Gasteiger partial charge on any atom is -0.504 e. The Morgan fingerprint density at radius 1 is 1.03 bits per heavy atom. The second kappa shape index (κ2) is 7.87. The van der Waals surface area contributed by atoms with Crippen molar-refractivity contribution in [2.24, 2.45) is 0 Å². The van der Waals surface area contributed by atoms with Crippen molar-refractivity contribution in [1.29, 1.82) is 0 Å². The first-order valence-electron chi connectivity index (χ1n) is 9.79. The van der Waals surface area contributed by atoms with Crippen LogP contribution in [0, 0.1) is 0 Å². The predicted octanol–water partition coefficient (Wildman–Crippen LogP) is 5.12. The number of carbonyl (C=O) groups is 1. The van der Waals surface area contributed by atoms with E-state index in [2.05, 4.69) is 5.32 Å². The van der Waals surface area contributed by atoms with Gasteiger partial charge in [-0.1, -0.05) is 54.6 Å². The van der Waals surface area contributed by atoms with Crippen LogP contribution in [0.1, 0.15) is 47.5 Å². The molecule has 0 saturated carbocycles. The Hall–Kier alpha value is -3.47. The van der Waals surface area contributed by atoms with Crippen molar-refractivity contribution < 1.29 is 14.6 Å². The number of hydrogen-bond acceptors (Lipinski definition) is 4. The highest BCUT2D eigenvalue weighted by molar-refractivity contribution is 6.02. The number of para-hydroxylation sites is 2. The molecule has 1 amide bonds. The lowest BCUT2D eigenvalue weighted by molar-refractivity contribution is 0.0593. The minimum absolute atomic E-state index is 0.0456. The zero-order chi connectivity index (χ0) is 20.4. The van der Waals surface area contributed by atoms with E-state index in [1.54, 1.807) is 11.0 Å². The number of rotatable bonds is 5. The molecular weight excluding hydrogens is 364 g/mol. The van der Waals surface area contributed by atoms with Gasteiger partial charge >= 0.3 is 0 Å². The van der Waals surface area contributed by atoms with Crippen molar-refractivity contribution in [2.45, 2.75) is 26.1 Å². The van der Waals surface area contributed by atoms with E-state index in [1.165, 1.54) is 0 Å². The lowest BCUT2D eigenvalue weighted by Crippen LogP contribution is -2.44. The minimum atomic E-state index is -0.534. The number of amides is 1. The maximum absolute atomic E-state index is 13.5. The molecule has 3 aromatic rings. The van der Waals surface area contributed by atoms with E-state index in [0.717, 1.165) is 11.3 Å². The molecule has 0 bridgehead atoms. The molecule has 0 aliphatic carbocycles. The second-order valence-electron chi connectivity index (χ2n) is 7.02. The normalized spacial score (nSPS) is 16.7. The predicted molar refractivity (Wildman–Crippen MR) is 113 cm³/mol. The van der Waals surface area contributed by atoms with Gasteiger partial charge < -0.3 is 20.1 Å². The zero-order valence-corrected chi connectivity index (χ0v) is 16.5. The molecule has 0 radical (unpaired) electrons. The monoisotopic (exact) mass is 388 g/mol. The fourth-order valence-corrected chi connectivity index (χ4v) is 3.82. The van der Waals surface area contributed by atoms with E-state index in [-0.39, 0.29) is 17.7 Å². The van der Waals surface area contributed by atoms with Crippen LogP contribution in [0.25, 0.3) is 0 Å². The molecule has 0 aromatic heterocycles. The standard InChI is InChI=1S/C24H24N2O3/c1-3-29-21-15-9-13-19(22(21)27)23-25-20-14-8-7-12-18(20)24(28)26(23)16(2)17-10-5-4-6-11-17/h4-16,23,25,27H,3H2,1-2H3. The van der Waals surface area contributed by atoms with Crippen LogP contribution in [0.4, 0.5) is 5.69 Å². The third-order valence-corrected chi connectivity index (χ3v) is 5.29. The van der Waals surface area contributed by atoms with Gasteiger partial charge in [-0.25, -0.2) is 0 Å². The quantitative estimate of drug-likeness (QED) is 0.637. The molecule has 1 aliphatic heterocycles. The molecule has 3 aromatic carbocycles. The third kappa shape index (κ3) is 3.40. The number of nitrogens with zero attached hydrogens (tertiary/aromatic N) is 1. The Morgan fingerprint density at radius 3 is 2.52 bits per heavy atom. The molecule has 0 spiro atoms. The molecule has 29 heavy (non-hydrogen) atoms. The highest BCUT2D eigenvalue weighted by Crippen LogP contribution is 2.43. The van der Waals surface area contributed by atoms with Crippen LogP contribution in [-0.2, 0) is 0 Å². The number of ether oxygens (including phenoxy) is 1. The van der Waals surface area contributed by atoms with E-state index in [9.17, 15) is 9.90 Å². The fourth-order valence-electron chi connectivity index (χ4n) is 3.82. The summed E-state index contributed by atoms with van der Waals surface area (Å²) in [6.07, 6.45) is -0.534. The molecule has 5 heteroatoms. The van der Waals surface area contributed by atoms with Crippen molar-refractivity contribution in [3.8, 4) is 11.5 Å². The molecule has 4 rings (SSSR count). The molecular formula is C24H24N2O3. The van der Waals surface area contributed by atoms with Gasteiger partial charge in [-0.2, -0.15) is 0 Å². The van der Waals surface area contributed by atoms with Crippen LogP contribution in [0.2, 0.25) is 0 Å². The summed E-state index contributed by atoms with van der Waals surface area (Å²) in [6.45, 7) is 4.31. The van der Waals surface area contributed by atoms with Crippen LogP contribution in [-0.4, -0.2) is 22.5 Å². The van der Waals surface area contributed by atoms with Gasteiger partial charge in [0.15, 0.2) is 11.5 Å². The Morgan fingerprint density at radius 2 is 1.76 bits per heavy atom. The first-order valence-corrected chi connectivity index (χ1v) is 9.79. The molecule has 2 unspecified atom stereocenters. The van der Waals surface area contributed by atoms with E-state index in [1.807, 2.05) is 80.6 Å². The number of hydrogen-bond donors (Lipinski definition) is 2. The summed E-state index contributed by atoms with van der Waals surface area (Å²) in [5.41, 5.74) is 2.99. The average molecular weight is 388 g/mol. The Balaban J connectivity index is 1.84. The summed E-state index contributed by atoms with van der Waals surface area (Å²) in [4.78, 5) is 15.3. The smallest absolute Gasteiger partial charge is 0.258 e. The number of phenols is 1. The van der Waals surface area contributed by atoms with E-state index in [0.29, 0.717) is 23.5 Å². The fraction of sp³-hybridized carbons (Fsp3) is 0.208. The molecule has 5 nitrogen and oxygen atoms in total. The maximum Gasteiger partial charge on any atom is 0.258 e. The molecule has 2 atom stereocenters. The van der Waals surface area contributed by atoms with Gasteiger partial charge in [-0.3, -0.25) is 4.79 Å². The SMILES string of the molecule is CCOc1cccc(C2Nc3ccccc3C(=O)N2C(C)c2ccccc2)c1O. The van der Waals surface area contributed by atoms with E-state index >= 15 is 0 Å². The van der Waals surface area contributed by atoms with Crippen molar-refractivity contribution in [3.63, 3.8) is 0 Å². The lowest BCUT2D eigenvalue weighted by Gasteiger charge is -2.42. The van der Waals surface area contributed by atoms with Crippen molar-refractivity contribution >= 4 is 11.6 Å². The summed E-state index contributed by atoms with van der Waals surface area (Å²) in [7, 11) is 0. The molecule has 2 N–H and O–H groups in total. The summed E-state index contributed by atoms with van der Waals surface area (Å²) < 4.78 is 5.56. The maximum atomic E-state index is 13.5. The van der Waals surface area contributed by atoms with E-state index < -0.39 is 6.17 Å². The van der Waals surface area contributed by atoms with Crippen molar-refractivity contribution in [1.82, 2.24) is 4.90 Å². The van der Waals surface area contributed by atoms with Crippen LogP contribution >= 0.6 is 0 Å². The molecule has 148 valence electrons. The highest BCUT2D eigenvalue weighted by Gasteiger charge is 2.37. The molecule has 0 saturated heterocycles. The lowest BCUT2D eigenvalue weighted by atomic mass is 9.98. The molecule has 1 aliphatic rings. The van der Waals surface area contributed by atoms with Gasteiger partial charge in [0, 0.05) is 11.3 Å². The van der Waals surface area contributed by atoms with Crippen LogP contribution in [0.15, 0.2) is 72.8 Å². The first-order chi connectivity index (χ1) is 14.1. The number of phenolic OH excluding ortho intramolecular Hbond substituents is 1. The summed E-state index contributed by atoms with van der Waals surface area (Å²) >= 11 is 0. The number of fused-ring (bicyclic) bond motifs is 1. The van der Waals surface area contributed by atoms with Crippen LogP contribution in [0.3, 0.4) is 0 Å². The Kier molecular flexibility index (Phi) is 5.12. The highest BCUT2D eigenvalue weighted by atomic mass is 16.5. The first kappa shape index (κ1) is 18.9. The summed E-state index contributed by atoms with van der Waals surface area (Å²) in [6, 6.07) is 22.5. The Bertz CT molecular complexity index is 1020. The van der Waals surface area contributed by atoms with E-state index in [4.69, 9.17) is 4.74 Å². The Labute approximate surface area is 170 Å². The number of aromatic hydroxyl groups is 1. The molecule has 0 fully saturated rings. The third-order valence-electron chi connectivity index (χ3n) is 5.29. The number of carbonyl (C=O) groups excluding carboxylic acids is 1. The number of anilines is 1. The van der Waals surface area contributed by atoms with Gasteiger partial charge in [-0.15, -0.1) is 0 Å². The number of benzene rings is 3. The van der Waals surface area contributed by atoms with Crippen molar-refractivity contribution in [2.75, 3.05) is 11.9 Å². The van der Waals surface area contributed by atoms with Gasteiger partial charge in [-0.05, 0) is 37.6 Å². The topological polar surface area (TPSA) is 61.8 Å². The molecule has 1 heterocycles.